The van der Waals surface area contributed by atoms with Crippen LogP contribution in [0.25, 0.3) is 0 Å². The molecule has 0 bridgehead atoms. The van der Waals surface area contributed by atoms with Crippen LogP contribution >= 0.6 is 15.9 Å². The molecule has 1 saturated heterocycles. The van der Waals surface area contributed by atoms with Crippen LogP contribution in [0.4, 0.5) is 0 Å². The number of aryl methyl sites for hydroxylation is 1. The van der Waals surface area contributed by atoms with Crippen molar-refractivity contribution in [2.24, 2.45) is 7.05 Å². The molecule has 1 aliphatic rings. The number of likely N-dealkylation sites (tertiary alicyclic amines) is 1. The van der Waals surface area contributed by atoms with E-state index in [0.29, 0.717) is 18.7 Å². The lowest BCUT2D eigenvalue weighted by Gasteiger charge is -2.27. The molecule has 6 heteroatoms. The standard InChI is InChI=1S/C15H21BrN2O3/c1-15(2,3)21-14(20)11-6-5-7-18(11)13(19)12-8-10(16)9-17(12)4/h8-9,11H,5-7H2,1-4H3/t11-/m0/s1. The van der Waals surface area contributed by atoms with Crippen molar-refractivity contribution < 1.29 is 14.3 Å². The van der Waals surface area contributed by atoms with E-state index in [2.05, 4.69) is 15.9 Å². The van der Waals surface area contributed by atoms with Gasteiger partial charge in [0.1, 0.15) is 17.3 Å². The molecule has 1 atom stereocenters. The van der Waals surface area contributed by atoms with Crippen LogP contribution in [0.2, 0.25) is 0 Å². The third-order valence-corrected chi connectivity index (χ3v) is 3.82. The minimum atomic E-state index is -0.539. The average molecular weight is 357 g/mol. The van der Waals surface area contributed by atoms with Gasteiger partial charge in [-0.05, 0) is 55.6 Å². The number of amides is 1. The van der Waals surface area contributed by atoms with Gasteiger partial charge in [0.2, 0.25) is 0 Å². The van der Waals surface area contributed by atoms with Crippen molar-refractivity contribution in [2.45, 2.75) is 45.3 Å². The number of esters is 1. The number of aromatic nitrogens is 1. The zero-order valence-corrected chi connectivity index (χ0v) is 14.4. The Bertz CT molecular complexity index is 560. The van der Waals surface area contributed by atoms with Gasteiger partial charge in [-0.1, -0.05) is 0 Å². The van der Waals surface area contributed by atoms with Crippen molar-refractivity contribution in [3.05, 3.63) is 22.4 Å². The minimum Gasteiger partial charge on any atom is -0.458 e. The first-order chi connectivity index (χ1) is 9.69. The summed E-state index contributed by atoms with van der Waals surface area (Å²) in [4.78, 5) is 26.5. The molecular formula is C15H21BrN2O3. The third-order valence-electron chi connectivity index (χ3n) is 3.38. The fourth-order valence-corrected chi connectivity index (χ4v) is 3.03. The Balaban J connectivity index is 2.17. The van der Waals surface area contributed by atoms with Gasteiger partial charge in [-0.2, -0.15) is 0 Å². The smallest absolute Gasteiger partial charge is 0.329 e. The Morgan fingerprint density at radius 1 is 1.38 bits per heavy atom. The third kappa shape index (κ3) is 3.67. The van der Waals surface area contributed by atoms with Crippen LogP contribution in [0.3, 0.4) is 0 Å². The van der Waals surface area contributed by atoms with Gasteiger partial charge >= 0.3 is 5.97 Å². The van der Waals surface area contributed by atoms with Gasteiger partial charge < -0.3 is 14.2 Å². The Kier molecular flexibility index (Phi) is 4.46. The maximum Gasteiger partial charge on any atom is 0.329 e. The number of halogens is 1. The molecule has 0 spiro atoms. The van der Waals surface area contributed by atoms with Gasteiger partial charge in [-0.25, -0.2) is 4.79 Å². The van der Waals surface area contributed by atoms with E-state index in [-0.39, 0.29) is 11.9 Å². The molecule has 1 fully saturated rings. The lowest BCUT2D eigenvalue weighted by Crippen LogP contribution is -2.44. The molecule has 5 nitrogen and oxygen atoms in total. The van der Waals surface area contributed by atoms with Crippen LogP contribution in [0.1, 0.15) is 44.1 Å². The van der Waals surface area contributed by atoms with E-state index in [0.717, 1.165) is 10.9 Å². The van der Waals surface area contributed by atoms with Gasteiger partial charge in [-0.3, -0.25) is 4.79 Å². The molecule has 116 valence electrons. The summed E-state index contributed by atoms with van der Waals surface area (Å²) < 4.78 is 8.03. The number of carbonyl (C=O) groups excluding carboxylic acids is 2. The molecule has 21 heavy (non-hydrogen) atoms. The van der Waals surface area contributed by atoms with E-state index in [9.17, 15) is 9.59 Å². The first kappa shape index (κ1) is 16.1. The van der Waals surface area contributed by atoms with Gasteiger partial charge in [-0.15, -0.1) is 0 Å². The fraction of sp³-hybridized carbons (Fsp3) is 0.600. The topological polar surface area (TPSA) is 51.5 Å². The van der Waals surface area contributed by atoms with E-state index < -0.39 is 11.6 Å². The summed E-state index contributed by atoms with van der Waals surface area (Å²) in [5.74, 6) is -0.446. The van der Waals surface area contributed by atoms with Crippen molar-refractivity contribution in [1.29, 1.82) is 0 Å². The van der Waals surface area contributed by atoms with Crippen LogP contribution in [0, 0.1) is 0 Å². The Hall–Kier alpha value is -1.30. The molecule has 0 N–H and O–H groups in total. The summed E-state index contributed by atoms with van der Waals surface area (Å²) in [6, 6.07) is 1.29. The van der Waals surface area contributed by atoms with Crippen LogP contribution in [-0.2, 0) is 16.6 Å². The quantitative estimate of drug-likeness (QED) is 0.765. The van der Waals surface area contributed by atoms with E-state index >= 15 is 0 Å². The van der Waals surface area contributed by atoms with Crippen molar-refractivity contribution >= 4 is 27.8 Å². The zero-order chi connectivity index (χ0) is 15.8. The number of hydrogen-bond acceptors (Lipinski definition) is 3. The van der Waals surface area contributed by atoms with Crippen molar-refractivity contribution in [3.8, 4) is 0 Å². The highest BCUT2D eigenvalue weighted by Crippen LogP contribution is 2.24. The van der Waals surface area contributed by atoms with Crippen LogP contribution in [0.5, 0.6) is 0 Å². The van der Waals surface area contributed by atoms with Gasteiger partial charge in [0.05, 0.1) is 0 Å². The highest BCUT2D eigenvalue weighted by atomic mass is 79.9. The maximum absolute atomic E-state index is 12.6. The lowest BCUT2D eigenvalue weighted by molar-refractivity contribution is -0.159. The van der Waals surface area contributed by atoms with Crippen LogP contribution in [0.15, 0.2) is 16.7 Å². The number of ether oxygens (including phenoxy) is 1. The minimum absolute atomic E-state index is 0.128. The molecule has 2 heterocycles. The van der Waals surface area contributed by atoms with Gasteiger partial charge in [0.15, 0.2) is 0 Å². The molecule has 1 aromatic rings. The second-order valence-electron chi connectivity index (χ2n) is 6.34. The van der Waals surface area contributed by atoms with Crippen molar-refractivity contribution in [2.75, 3.05) is 6.54 Å². The molecule has 1 aliphatic heterocycles. The molecule has 1 aromatic heterocycles. The molecule has 0 saturated carbocycles. The second kappa shape index (κ2) is 5.83. The van der Waals surface area contributed by atoms with E-state index in [1.54, 1.807) is 15.5 Å². The maximum atomic E-state index is 12.6. The lowest BCUT2D eigenvalue weighted by atomic mass is 10.1. The van der Waals surface area contributed by atoms with E-state index in [4.69, 9.17) is 4.74 Å². The monoisotopic (exact) mass is 356 g/mol. The Labute approximate surface area is 133 Å². The summed E-state index contributed by atoms with van der Waals surface area (Å²) in [5.41, 5.74) is 0.0277. The molecule has 0 unspecified atom stereocenters. The van der Waals surface area contributed by atoms with Crippen molar-refractivity contribution in [1.82, 2.24) is 9.47 Å². The summed E-state index contributed by atoms with van der Waals surface area (Å²) in [7, 11) is 1.82. The summed E-state index contributed by atoms with van der Waals surface area (Å²) >= 11 is 3.36. The summed E-state index contributed by atoms with van der Waals surface area (Å²) in [6.45, 7) is 6.09. The average Bonchev–Trinajstić information content (AvgIpc) is 2.92. The van der Waals surface area contributed by atoms with Crippen LogP contribution < -0.4 is 0 Å². The molecule has 0 aliphatic carbocycles. The summed E-state index contributed by atoms with van der Waals surface area (Å²) in [5, 5.41) is 0. The number of rotatable bonds is 2. The predicted octanol–water partition coefficient (Wildman–Crippen LogP) is 2.73. The first-order valence-corrected chi connectivity index (χ1v) is 7.84. The zero-order valence-electron chi connectivity index (χ0n) is 12.9. The first-order valence-electron chi connectivity index (χ1n) is 7.05. The number of nitrogens with zero attached hydrogens (tertiary/aromatic N) is 2. The normalized spacial score (nSPS) is 18.9. The molecule has 0 radical (unpaired) electrons. The highest BCUT2D eigenvalue weighted by Gasteiger charge is 2.37. The summed E-state index contributed by atoms with van der Waals surface area (Å²) in [6.07, 6.45) is 3.30. The number of carbonyl (C=O) groups is 2. The predicted molar refractivity (Wildman–Crippen MR) is 83.0 cm³/mol. The highest BCUT2D eigenvalue weighted by molar-refractivity contribution is 9.10. The molecule has 0 aromatic carbocycles. The largest absolute Gasteiger partial charge is 0.458 e. The van der Waals surface area contributed by atoms with Crippen LogP contribution in [-0.4, -0.2) is 39.5 Å². The SMILES string of the molecule is Cn1cc(Br)cc1C(=O)N1CCC[C@H]1C(=O)OC(C)(C)C. The Morgan fingerprint density at radius 3 is 2.57 bits per heavy atom. The van der Waals surface area contributed by atoms with Gasteiger partial charge in [0.25, 0.3) is 5.91 Å². The molecule has 2 rings (SSSR count). The fourth-order valence-electron chi connectivity index (χ4n) is 2.51. The molecular weight excluding hydrogens is 336 g/mol. The van der Waals surface area contributed by atoms with E-state index in [1.165, 1.54) is 0 Å². The van der Waals surface area contributed by atoms with Crippen molar-refractivity contribution in [3.63, 3.8) is 0 Å². The second-order valence-corrected chi connectivity index (χ2v) is 7.26. The van der Waals surface area contributed by atoms with Gasteiger partial charge in [0, 0.05) is 24.3 Å². The molecule has 1 amide bonds. The Morgan fingerprint density at radius 2 is 2.05 bits per heavy atom. The number of hydrogen-bond donors (Lipinski definition) is 0. The van der Waals surface area contributed by atoms with E-state index in [1.807, 2.05) is 34.0 Å².